The smallest absolute Gasteiger partial charge is 0.338 e. The van der Waals surface area contributed by atoms with Crippen molar-refractivity contribution in [3.8, 4) is 0 Å². The van der Waals surface area contributed by atoms with E-state index >= 15 is 0 Å². The molecule has 2 aromatic carbocycles. The largest absolute Gasteiger partial charge is 0.459 e. The van der Waals surface area contributed by atoms with Crippen molar-refractivity contribution in [2.45, 2.75) is 18.4 Å². The maximum Gasteiger partial charge on any atom is 0.338 e. The maximum absolute atomic E-state index is 13.2. The number of piperidine rings is 3. The van der Waals surface area contributed by atoms with E-state index < -0.39 is 17.5 Å². The van der Waals surface area contributed by atoms with Crippen LogP contribution in [0.25, 0.3) is 0 Å². The molecule has 0 spiro atoms. The lowest BCUT2D eigenvalue weighted by molar-refractivity contribution is -0.157. The summed E-state index contributed by atoms with van der Waals surface area (Å²) in [6, 6.07) is 17.3. The van der Waals surface area contributed by atoms with Gasteiger partial charge in [0, 0.05) is 19.0 Å². The number of esters is 2. The highest BCUT2D eigenvalue weighted by Gasteiger charge is 2.55. The number of ketones is 1. The predicted molar refractivity (Wildman–Crippen MR) is 105 cm³/mol. The Hall–Kier alpha value is -2.99. The van der Waals surface area contributed by atoms with Gasteiger partial charge in [0.05, 0.1) is 11.1 Å². The zero-order valence-corrected chi connectivity index (χ0v) is 16.1. The Morgan fingerprint density at radius 2 is 1.28 bits per heavy atom. The Kier molecular flexibility index (Phi) is 5.45. The Morgan fingerprint density at radius 1 is 0.828 bits per heavy atom. The van der Waals surface area contributed by atoms with Gasteiger partial charge in [0.15, 0.2) is 5.78 Å². The number of hydrogen-bond acceptors (Lipinski definition) is 6. The average Bonchev–Trinajstić information content (AvgIpc) is 2.79. The van der Waals surface area contributed by atoms with E-state index in [1.807, 2.05) is 17.0 Å². The number of rotatable bonds is 6. The van der Waals surface area contributed by atoms with E-state index in [4.69, 9.17) is 9.47 Å². The van der Waals surface area contributed by atoms with E-state index in [-0.39, 0.29) is 24.9 Å². The second kappa shape index (κ2) is 8.17. The van der Waals surface area contributed by atoms with Crippen molar-refractivity contribution < 1.29 is 23.9 Å². The van der Waals surface area contributed by atoms with Crippen LogP contribution in [-0.2, 0) is 14.3 Å². The van der Waals surface area contributed by atoms with Crippen molar-refractivity contribution in [2.24, 2.45) is 5.92 Å². The highest BCUT2D eigenvalue weighted by molar-refractivity contribution is 5.95. The molecular formula is C23H23NO5. The summed E-state index contributed by atoms with van der Waals surface area (Å²) in [4.78, 5) is 40.1. The van der Waals surface area contributed by atoms with Gasteiger partial charge in [-0.15, -0.1) is 0 Å². The summed E-state index contributed by atoms with van der Waals surface area (Å²) in [6.07, 6.45) is 1.58. The average molecular weight is 393 g/mol. The molecule has 3 saturated heterocycles. The van der Waals surface area contributed by atoms with Crippen LogP contribution in [0.15, 0.2) is 60.7 Å². The van der Waals surface area contributed by atoms with Crippen molar-refractivity contribution >= 4 is 17.7 Å². The van der Waals surface area contributed by atoms with E-state index in [0.29, 0.717) is 11.1 Å². The summed E-state index contributed by atoms with van der Waals surface area (Å²) < 4.78 is 11.1. The number of ether oxygens (including phenoxy) is 2. The monoisotopic (exact) mass is 393 g/mol. The summed E-state index contributed by atoms with van der Waals surface area (Å²) in [5.41, 5.74) is -0.268. The molecule has 6 nitrogen and oxygen atoms in total. The summed E-state index contributed by atoms with van der Waals surface area (Å²) in [7, 11) is 0. The lowest BCUT2D eigenvalue weighted by atomic mass is 9.74. The van der Waals surface area contributed by atoms with Crippen LogP contribution >= 0.6 is 0 Å². The Labute approximate surface area is 169 Å². The van der Waals surface area contributed by atoms with Gasteiger partial charge in [-0.05, 0) is 37.1 Å². The molecular weight excluding hydrogens is 370 g/mol. The van der Waals surface area contributed by atoms with Crippen LogP contribution < -0.4 is 0 Å². The third-order valence-electron chi connectivity index (χ3n) is 5.83. The molecule has 0 atom stereocenters. The Balaban J connectivity index is 1.51. The molecule has 0 aliphatic carbocycles. The van der Waals surface area contributed by atoms with Gasteiger partial charge < -0.3 is 9.47 Å². The van der Waals surface area contributed by atoms with Gasteiger partial charge in [-0.3, -0.25) is 9.69 Å². The minimum atomic E-state index is -1.12. The summed E-state index contributed by atoms with van der Waals surface area (Å²) in [6.45, 7) is 1.20. The fraction of sp³-hybridized carbons (Fsp3) is 0.348. The molecule has 0 N–H and O–H groups in total. The molecule has 3 aliphatic heterocycles. The van der Waals surface area contributed by atoms with Crippen molar-refractivity contribution in [3.63, 3.8) is 0 Å². The first-order valence-corrected chi connectivity index (χ1v) is 9.84. The minimum Gasteiger partial charge on any atom is -0.459 e. The Morgan fingerprint density at radius 3 is 1.69 bits per heavy atom. The van der Waals surface area contributed by atoms with Gasteiger partial charge in [0.2, 0.25) is 0 Å². The molecule has 0 saturated carbocycles. The van der Waals surface area contributed by atoms with Gasteiger partial charge in [-0.25, -0.2) is 9.59 Å². The van der Waals surface area contributed by atoms with E-state index in [2.05, 4.69) is 0 Å². The van der Waals surface area contributed by atoms with Crippen molar-refractivity contribution in [1.29, 1.82) is 0 Å². The predicted octanol–water partition coefficient (Wildman–Crippen LogP) is 2.73. The van der Waals surface area contributed by atoms with Crippen LogP contribution in [0, 0.1) is 5.92 Å². The van der Waals surface area contributed by atoms with E-state index in [1.54, 1.807) is 48.5 Å². The zero-order chi connectivity index (χ0) is 20.3. The van der Waals surface area contributed by atoms with E-state index in [1.165, 1.54) is 0 Å². The number of nitrogens with zero attached hydrogens (tertiary/aromatic N) is 1. The molecule has 0 radical (unpaired) electrons. The summed E-state index contributed by atoms with van der Waals surface area (Å²) >= 11 is 0. The van der Waals surface area contributed by atoms with Crippen LogP contribution in [-0.4, -0.2) is 54.5 Å². The summed E-state index contributed by atoms with van der Waals surface area (Å²) in [5, 5.41) is 0. The van der Waals surface area contributed by atoms with Crippen molar-refractivity contribution in [1.82, 2.24) is 4.90 Å². The molecule has 0 amide bonds. The SMILES string of the molecule is O=C(OCC1(COC(=O)c2ccccc2)C(=O)C2CCN1CC2)c1ccccc1. The number of carbonyl (C=O) groups is 3. The summed E-state index contributed by atoms with van der Waals surface area (Å²) in [5.74, 6) is -1.06. The first-order chi connectivity index (χ1) is 14.1. The standard InChI is InChI=1S/C23H23NO5/c25-20-17-11-13-24(14-12-17)23(20,15-28-21(26)18-7-3-1-4-8-18)16-29-22(27)19-9-5-2-6-10-19/h1-10,17H,11-16H2. The second-order valence-electron chi connectivity index (χ2n) is 7.54. The van der Waals surface area contributed by atoms with Crippen LogP contribution in [0.5, 0.6) is 0 Å². The fourth-order valence-corrected chi connectivity index (χ4v) is 4.16. The lowest BCUT2D eigenvalue weighted by Gasteiger charge is -2.51. The number of fused-ring (bicyclic) bond motifs is 3. The molecule has 2 aromatic rings. The van der Waals surface area contributed by atoms with Crippen LogP contribution in [0.4, 0.5) is 0 Å². The number of Topliss-reactive ketones (excluding diaryl/α,β-unsaturated/α-hetero) is 1. The first kappa shape index (κ1) is 19.3. The number of carbonyl (C=O) groups excluding carboxylic acids is 3. The number of benzene rings is 2. The molecule has 5 rings (SSSR count). The van der Waals surface area contributed by atoms with Gasteiger partial charge in [0.25, 0.3) is 0 Å². The molecule has 150 valence electrons. The Bertz CT molecular complexity index is 832. The van der Waals surface area contributed by atoms with Crippen molar-refractivity contribution in [3.05, 3.63) is 71.8 Å². The van der Waals surface area contributed by atoms with Gasteiger partial charge >= 0.3 is 11.9 Å². The lowest BCUT2D eigenvalue weighted by Crippen LogP contribution is -2.69. The third-order valence-corrected chi connectivity index (χ3v) is 5.83. The maximum atomic E-state index is 13.2. The zero-order valence-electron chi connectivity index (χ0n) is 16.1. The van der Waals surface area contributed by atoms with Gasteiger partial charge in [-0.1, -0.05) is 36.4 Å². The van der Waals surface area contributed by atoms with E-state index in [0.717, 1.165) is 25.9 Å². The normalized spacial score (nSPS) is 22.1. The second-order valence-corrected chi connectivity index (χ2v) is 7.54. The van der Waals surface area contributed by atoms with E-state index in [9.17, 15) is 14.4 Å². The topological polar surface area (TPSA) is 72.9 Å². The number of hydrogen-bond donors (Lipinski definition) is 0. The van der Waals surface area contributed by atoms with Crippen LogP contribution in [0.1, 0.15) is 33.6 Å². The first-order valence-electron chi connectivity index (χ1n) is 9.84. The van der Waals surface area contributed by atoms with Crippen LogP contribution in [0.3, 0.4) is 0 Å². The van der Waals surface area contributed by atoms with Gasteiger partial charge in [-0.2, -0.15) is 0 Å². The molecule has 2 bridgehead atoms. The minimum absolute atomic E-state index is 0.00303. The van der Waals surface area contributed by atoms with Crippen LogP contribution in [0.2, 0.25) is 0 Å². The molecule has 3 aliphatic rings. The molecule has 0 aromatic heterocycles. The molecule has 0 unspecified atom stereocenters. The molecule has 3 fully saturated rings. The third kappa shape index (κ3) is 3.80. The van der Waals surface area contributed by atoms with Gasteiger partial charge in [0.1, 0.15) is 18.8 Å². The van der Waals surface area contributed by atoms with Crippen molar-refractivity contribution in [2.75, 3.05) is 26.3 Å². The fourth-order valence-electron chi connectivity index (χ4n) is 4.16. The molecule has 29 heavy (non-hydrogen) atoms. The highest BCUT2D eigenvalue weighted by atomic mass is 16.6. The highest BCUT2D eigenvalue weighted by Crippen LogP contribution is 2.37. The molecule has 6 heteroatoms. The molecule has 3 heterocycles. The quantitative estimate of drug-likeness (QED) is 0.703.